The standard InChI is InChI=1S/C38H23N3/c1-23-26-20-19-24-11-5-6-14-27(24)36(26)31-21-30-28-15-7-10-18-34(28)41(35(30)22-29(23)31)38-37(25-12-3-2-4-13-25)39-32-16-8-9-17-33(32)40-38/h2-22H,1H2. The van der Waals surface area contributed by atoms with E-state index in [-0.39, 0.29) is 0 Å². The third kappa shape index (κ3) is 3.09. The largest absolute Gasteiger partial charge is 0.292 e. The van der Waals surface area contributed by atoms with E-state index in [1.165, 1.54) is 43.8 Å². The summed E-state index contributed by atoms with van der Waals surface area (Å²) in [5, 5.41) is 4.90. The molecule has 0 radical (unpaired) electrons. The number of rotatable bonds is 2. The number of aromatic nitrogens is 3. The third-order valence-corrected chi connectivity index (χ3v) is 8.47. The van der Waals surface area contributed by atoms with Crippen LogP contribution in [0.1, 0.15) is 11.1 Å². The van der Waals surface area contributed by atoms with Gasteiger partial charge in [0.05, 0.1) is 22.1 Å². The Bertz CT molecular complexity index is 2380. The molecule has 6 aromatic carbocycles. The van der Waals surface area contributed by atoms with Gasteiger partial charge in [-0.15, -0.1) is 0 Å². The number of hydrogen-bond acceptors (Lipinski definition) is 2. The highest BCUT2D eigenvalue weighted by Gasteiger charge is 2.27. The molecule has 3 nitrogen and oxygen atoms in total. The Hall–Kier alpha value is -5.54. The van der Waals surface area contributed by atoms with Gasteiger partial charge in [-0.3, -0.25) is 4.57 Å². The highest BCUT2D eigenvalue weighted by atomic mass is 15.1. The highest BCUT2D eigenvalue weighted by Crippen LogP contribution is 2.49. The lowest BCUT2D eigenvalue weighted by Gasteiger charge is -2.14. The summed E-state index contributed by atoms with van der Waals surface area (Å²) in [6, 6.07) is 44.8. The Morgan fingerprint density at radius 1 is 0.512 bits per heavy atom. The molecule has 0 saturated carbocycles. The zero-order valence-electron chi connectivity index (χ0n) is 22.2. The maximum atomic E-state index is 5.27. The van der Waals surface area contributed by atoms with Crippen molar-refractivity contribution in [2.45, 2.75) is 0 Å². The van der Waals surface area contributed by atoms with Gasteiger partial charge in [0.15, 0.2) is 5.82 Å². The van der Waals surface area contributed by atoms with E-state index in [9.17, 15) is 0 Å². The van der Waals surface area contributed by atoms with Gasteiger partial charge in [0.2, 0.25) is 0 Å². The predicted molar refractivity (Wildman–Crippen MR) is 170 cm³/mol. The molecular formula is C38H23N3. The second kappa shape index (κ2) is 8.23. The molecule has 8 aromatic rings. The minimum absolute atomic E-state index is 0.827. The van der Waals surface area contributed by atoms with E-state index >= 15 is 0 Å². The summed E-state index contributed by atoms with van der Waals surface area (Å²) in [6.45, 7) is 4.58. The van der Waals surface area contributed by atoms with Gasteiger partial charge in [0, 0.05) is 16.3 Å². The first-order valence-corrected chi connectivity index (χ1v) is 13.9. The van der Waals surface area contributed by atoms with E-state index in [4.69, 9.17) is 9.97 Å². The fourth-order valence-corrected chi connectivity index (χ4v) is 6.59. The van der Waals surface area contributed by atoms with Crippen molar-refractivity contribution in [3.63, 3.8) is 0 Å². The van der Waals surface area contributed by atoms with Crippen molar-refractivity contribution in [3.8, 4) is 28.2 Å². The first-order valence-electron chi connectivity index (χ1n) is 13.9. The number of para-hydroxylation sites is 3. The zero-order valence-corrected chi connectivity index (χ0v) is 22.2. The van der Waals surface area contributed by atoms with E-state index < -0.39 is 0 Å². The minimum Gasteiger partial charge on any atom is -0.292 e. The summed E-state index contributed by atoms with van der Waals surface area (Å²) in [6.07, 6.45) is 0. The Kier molecular flexibility index (Phi) is 4.48. The van der Waals surface area contributed by atoms with Gasteiger partial charge in [-0.05, 0) is 68.9 Å². The van der Waals surface area contributed by atoms with Crippen molar-refractivity contribution < 1.29 is 0 Å². The number of benzene rings is 6. The summed E-state index contributed by atoms with van der Waals surface area (Å²) in [5.74, 6) is 0.827. The Balaban J connectivity index is 1.42. The molecule has 0 bridgehead atoms. The van der Waals surface area contributed by atoms with Gasteiger partial charge in [0.25, 0.3) is 0 Å². The summed E-state index contributed by atoms with van der Waals surface area (Å²) < 4.78 is 2.29. The predicted octanol–water partition coefficient (Wildman–Crippen LogP) is 9.59. The van der Waals surface area contributed by atoms with E-state index in [1.54, 1.807) is 0 Å². The maximum absolute atomic E-state index is 5.27. The molecular weight excluding hydrogens is 498 g/mol. The summed E-state index contributed by atoms with van der Waals surface area (Å²) >= 11 is 0. The number of hydrogen-bond donors (Lipinski definition) is 0. The molecule has 2 aromatic heterocycles. The van der Waals surface area contributed by atoms with Crippen LogP contribution in [-0.4, -0.2) is 14.5 Å². The van der Waals surface area contributed by atoms with E-state index in [0.717, 1.165) is 44.7 Å². The Labute approximate surface area is 236 Å². The Morgan fingerprint density at radius 2 is 1.22 bits per heavy atom. The highest BCUT2D eigenvalue weighted by molar-refractivity contribution is 6.17. The molecule has 1 aliphatic carbocycles. The monoisotopic (exact) mass is 521 g/mol. The van der Waals surface area contributed by atoms with Crippen LogP contribution in [0.5, 0.6) is 0 Å². The molecule has 3 heteroatoms. The molecule has 0 spiro atoms. The van der Waals surface area contributed by atoms with Crippen molar-refractivity contribution >= 4 is 49.2 Å². The second-order valence-corrected chi connectivity index (χ2v) is 10.7. The van der Waals surface area contributed by atoms with Crippen molar-refractivity contribution in [3.05, 3.63) is 145 Å². The smallest absolute Gasteiger partial charge is 0.165 e. The van der Waals surface area contributed by atoms with Crippen LogP contribution in [0.2, 0.25) is 0 Å². The van der Waals surface area contributed by atoms with Gasteiger partial charge in [-0.25, -0.2) is 9.97 Å². The summed E-state index contributed by atoms with van der Waals surface area (Å²) in [4.78, 5) is 10.4. The van der Waals surface area contributed by atoms with Crippen LogP contribution in [0.3, 0.4) is 0 Å². The molecule has 0 fully saturated rings. The van der Waals surface area contributed by atoms with Gasteiger partial charge < -0.3 is 0 Å². The van der Waals surface area contributed by atoms with Gasteiger partial charge in [-0.1, -0.05) is 104 Å². The molecule has 0 atom stereocenters. The third-order valence-electron chi connectivity index (χ3n) is 8.47. The van der Waals surface area contributed by atoms with E-state index in [2.05, 4.69) is 108 Å². The van der Waals surface area contributed by atoms with Crippen molar-refractivity contribution in [2.24, 2.45) is 0 Å². The van der Waals surface area contributed by atoms with Gasteiger partial charge in [-0.2, -0.15) is 0 Å². The average Bonchev–Trinajstić information content (AvgIpc) is 3.51. The molecule has 0 amide bonds. The Morgan fingerprint density at radius 3 is 2.07 bits per heavy atom. The van der Waals surface area contributed by atoms with E-state index in [0.29, 0.717) is 0 Å². The average molecular weight is 522 g/mol. The SMILES string of the molecule is C=C1c2cc3c(cc2-c2c1ccc1ccccc21)c1ccccc1n3-c1nc2ccccc2nc1-c1ccccc1. The van der Waals surface area contributed by atoms with Crippen LogP contribution in [-0.2, 0) is 0 Å². The molecule has 0 aliphatic heterocycles. The van der Waals surface area contributed by atoms with Crippen LogP contribution in [0, 0.1) is 0 Å². The van der Waals surface area contributed by atoms with Crippen LogP contribution < -0.4 is 0 Å². The molecule has 0 N–H and O–H groups in total. The fourth-order valence-electron chi connectivity index (χ4n) is 6.59. The van der Waals surface area contributed by atoms with E-state index in [1.807, 2.05) is 30.3 Å². The van der Waals surface area contributed by atoms with Crippen molar-refractivity contribution in [2.75, 3.05) is 0 Å². The van der Waals surface area contributed by atoms with Crippen LogP contribution in [0.4, 0.5) is 0 Å². The van der Waals surface area contributed by atoms with Gasteiger partial charge >= 0.3 is 0 Å². The normalized spacial score (nSPS) is 12.4. The van der Waals surface area contributed by atoms with Crippen LogP contribution in [0.15, 0.2) is 134 Å². The quantitative estimate of drug-likeness (QED) is 0.227. The summed E-state index contributed by atoms with van der Waals surface area (Å²) in [5.41, 5.74) is 11.8. The lowest BCUT2D eigenvalue weighted by atomic mass is 9.97. The van der Waals surface area contributed by atoms with Crippen LogP contribution >= 0.6 is 0 Å². The molecule has 9 rings (SSSR count). The molecule has 2 heterocycles. The molecule has 41 heavy (non-hydrogen) atoms. The van der Waals surface area contributed by atoms with Crippen LogP contribution in [0.25, 0.3) is 77.4 Å². The van der Waals surface area contributed by atoms with Gasteiger partial charge in [0.1, 0.15) is 5.69 Å². The molecule has 0 saturated heterocycles. The second-order valence-electron chi connectivity index (χ2n) is 10.7. The maximum Gasteiger partial charge on any atom is 0.165 e. The first kappa shape index (κ1) is 22.3. The molecule has 0 unspecified atom stereocenters. The zero-order chi connectivity index (χ0) is 27.1. The van der Waals surface area contributed by atoms with Crippen molar-refractivity contribution in [1.82, 2.24) is 14.5 Å². The minimum atomic E-state index is 0.827. The fraction of sp³-hybridized carbons (Fsp3) is 0. The lowest BCUT2D eigenvalue weighted by molar-refractivity contribution is 1.08. The topological polar surface area (TPSA) is 30.7 Å². The summed E-state index contributed by atoms with van der Waals surface area (Å²) in [7, 11) is 0. The number of fused-ring (bicyclic) bond motifs is 9. The molecule has 1 aliphatic rings. The molecule has 190 valence electrons. The number of nitrogens with zero attached hydrogens (tertiary/aromatic N) is 3. The lowest BCUT2D eigenvalue weighted by Crippen LogP contribution is -2.03. The first-order chi connectivity index (χ1) is 20.3. The van der Waals surface area contributed by atoms with Crippen molar-refractivity contribution in [1.29, 1.82) is 0 Å².